The molecular weight excluding hydrogens is 544 g/mol. The zero-order valence-corrected chi connectivity index (χ0v) is 21.3. The van der Waals surface area contributed by atoms with Crippen LogP contribution in [0.15, 0.2) is 36.7 Å². The van der Waals surface area contributed by atoms with E-state index >= 15 is 0 Å². The van der Waals surface area contributed by atoms with Crippen LogP contribution in [0.2, 0.25) is 0 Å². The van der Waals surface area contributed by atoms with Crippen LogP contribution in [0.5, 0.6) is 0 Å². The summed E-state index contributed by atoms with van der Waals surface area (Å²) in [5.74, 6) is -6.73. The number of halogens is 4. The Kier molecular flexibility index (Phi) is 6.44. The number of rotatable bonds is 9. The van der Waals surface area contributed by atoms with E-state index in [0.29, 0.717) is 11.1 Å². The molecule has 3 aromatic heterocycles. The van der Waals surface area contributed by atoms with Gasteiger partial charge in [-0.05, 0) is 24.6 Å². The second-order valence-electron chi connectivity index (χ2n) is 8.98. The molecule has 4 aromatic rings. The molecule has 4 N–H and O–H groups in total. The summed E-state index contributed by atoms with van der Waals surface area (Å²) >= 11 is 0. The lowest BCUT2D eigenvalue weighted by Crippen LogP contribution is -2.18. The average Bonchev–Trinajstić information content (AvgIpc) is 3.18. The highest BCUT2D eigenvalue weighted by molar-refractivity contribution is 7.92. The first-order valence-corrected chi connectivity index (χ1v) is 13.3. The number of fused-ring (bicyclic) bond motifs is 1. The Labute approximate surface area is 219 Å². The number of aryl methyl sites for hydroxylation is 1. The van der Waals surface area contributed by atoms with E-state index in [1.54, 1.807) is 42.3 Å². The number of hydrogen-bond donors (Lipinski definition) is 4. The zero-order chi connectivity index (χ0) is 28.1. The summed E-state index contributed by atoms with van der Waals surface area (Å²) < 4.78 is 82.5. The predicted molar refractivity (Wildman–Crippen MR) is 136 cm³/mol. The summed E-state index contributed by atoms with van der Waals surface area (Å²) in [5.41, 5.74) is 1.62. The van der Waals surface area contributed by atoms with Gasteiger partial charge in [0.05, 0.1) is 29.0 Å². The Hall–Kier alpha value is -4.21. The highest BCUT2D eigenvalue weighted by atomic mass is 32.2. The summed E-state index contributed by atoms with van der Waals surface area (Å²) in [6, 6.07) is 6.08. The molecule has 1 aliphatic carbocycles. The Morgan fingerprint density at radius 1 is 1.18 bits per heavy atom. The van der Waals surface area contributed by atoms with Crippen molar-refractivity contribution < 1.29 is 30.8 Å². The molecule has 5 rings (SSSR count). The molecule has 0 radical (unpaired) electrons. The average molecular weight is 567 g/mol. The minimum Gasteiger partial charge on any atom is -0.352 e. The highest BCUT2D eigenvalue weighted by Gasteiger charge is 2.61. The third kappa shape index (κ3) is 5.50. The van der Waals surface area contributed by atoms with Crippen molar-refractivity contribution in [2.24, 2.45) is 13.0 Å². The van der Waals surface area contributed by atoms with Gasteiger partial charge < -0.3 is 15.6 Å². The minimum atomic E-state index is -3.74. The highest BCUT2D eigenvalue weighted by Crippen LogP contribution is 2.49. The maximum Gasteiger partial charge on any atom is 0.295 e. The number of hydrogen-bond acceptors (Lipinski definition) is 7. The van der Waals surface area contributed by atoms with Crippen LogP contribution < -0.4 is 15.4 Å². The first kappa shape index (κ1) is 26.4. The van der Waals surface area contributed by atoms with Gasteiger partial charge in [0.2, 0.25) is 15.9 Å². The van der Waals surface area contributed by atoms with E-state index in [1.807, 2.05) is 0 Å². The number of alkyl halides is 4. The largest absolute Gasteiger partial charge is 0.352 e. The molecule has 0 unspecified atom stereocenters. The van der Waals surface area contributed by atoms with Crippen LogP contribution >= 0.6 is 0 Å². The third-order valence-electron chi connectivity index (χ3n) is 6.05. The fraction of sp³-hybridized carbons (Fsp3) is 0.304. The topological polar surface area (TPSA) is 147 Å². The summed E-state index contributed by atoms with van der Waals surface area (Å²) in [4.78, 5) is 22.5. The molecular formula is C23H22F4N8O3S. The second-order valence-corrected chi connectivity index (χ2v) is 11.0. The number of sulfonamides is 1. The minimum absolute atomic E-state index is 0.0284. The van der Waals surface area contributed by atoms with Crippen LogP contribution in [0.25, 0.3) is 22.3 Å². The van der Waals surface area contributed by atoms with E-state index < -0.39 is 46.4 Å². The van der Waals surface area contributed by atoms with E-state index in [0.717, 1.165) is 0 Å². The molecule has 1 aromatic carbocycles. The number of carbonyl (C=O) groups excluding carboxylic acids is 1. The SMILES string of the molecule is CCS(=O)(=O)Nc1cc(-c2cnn(C)c2)ccc1Nc1cc(NC(=O)[C@@H]2CC2(F)F)nc2nc(C(F)F)[nH]c12. The van der Waals surface area contributed by atoms with Crippen LogP contribution in [-0.4, -0.2) is 50.7 Å². The van der Waals surface area contributed by atoms with Crippen molar-refractivity contribution in [1.29, 1.82) is 0 Å². The molecule has 1 aliphatic rings. The number of H-pyrrole nitrogens is 1. The van der Waals surface area contributed by atoms with Gasteiger partial charge in [-0.2, -0.15) is 5.10 Å². The Bertz CT molecular complexity index is 1690. The molecule has 1 fully saturated rings. The lowest BCUT2D eigenvalue weighted by atomic mass is 10.1. The van der Waals surface area contributed by atoms with Crippen molar-refractivity contribution >= 4 is 50.0 Å². The van der Waals surface area contributed by atoms with Crippen LogP contribution in [-0.2, 0) is 21.9 Å². The molecule has 3 heterocycles. The van der Waals surface area contributed by atoms with Gasteiger partial charge in [0.15, 0.2) is 11.5 Å². The molecule has 0 spiro atoms. The molecule has 11 nitrogen and oxygen atoms in total. The number of benzene rings is 1. The van der Waals surface area contributed by atoms with Crippen molar-refractivity contribution in [2.45, 2.75) is 25.7 Å². The molecule has 1 atom stereocenters. The van der Waals surface area contributed by atoms with Gasteiger partial charge in [-0.3, -0.25) is 14.2 Å². The number of nitrogens with one attached hydrogen (secondary N) is 4. The number of amides is 1. The molecule has 0 saturated heterocycles. The van der Waals surface area contributed by atoms with Crippen molar-refractivity contribution in [3.8, 4) is 11.1 Å². The van der Waals surface area contributed by atoms with Crippen molar-refractivity contribution in [1.82, 2.24) is 24.7 Å². The van der Waals surface area contributed by atoms with Crippen LogP contribution in [0.3, 0.4) is 0 Å². The van der Waals surface area contributed by atoms with Gasteiger partial charge in [-0.15, -0.1) is 0 Å². The number of aromatic amines is 1. The number of carbonyl (C=O) groups is 1. The summed E-state index contributed by atoms with van der Waals surface area (Å²) in [6.45, 7) is 1.46. The standard InChI is InChI=1S/C23H22F4N8O3S/c1-3-39(37,38)34-15-6-11(12-9-28-35(2)10-12)4-5-14(15)29-16-7-17(31-22(36)13-8-23(13,26)27)30-20-18(16)32-21(33-20)19(24)25/h4-7,9-10,13,19,34H,3,8H2,1-2H3,(H3,29,30,31,32,33,36)/t13-/m0/s1. The number of imidazole rings is 1. The van der Waals surface area contributed by atoms with Crippen molar-refractivity contribution in [3.63, 3.8) is 0 Å². The van der Waals surface area contributed by atoms with E-state index in [1.165, 1.54) is 13.0 Å². The van der Waals surface area contributed by atoms with Gasteiger partial charge in [-0.25, -0.2) is 35.9 Å². The summed E-state index contributed by atoms with van der Waals surface area (Å²) in [7, 11) is -2.01. The Balaban J connectivity index is 1.56. The fourth-order valence-electron chi connectivity index (χ4n) is 3.86. The van der Waals surface area contributed by atoms with E-state index in [4.69, 9.17) is 0 Å². The van der Waals surface area contributed by atoms with Crippen molar-refractivity contribution in [2.75, 3.05) is 21.1 Å². The van der Waals surface area contributed by atoms with Crippen LogP contribution in [0.1, 0.15) is 25.6 Å². The molecule has 1 amide bonds. The number of pyridine rings is 1. The fourth-order valence-corrected chi connectivity index (χ4v) is 4.50. The first-order valence-electron chi connectivity index (χ1n) is 11.6. The molecule has 1 saturated carbocycles. The normalized spacial score (nSPS) is 16.4. The molecule has 0 aliphatic heterocycles. The maximum absolute atomic E-state index is 13.4. The number of nitrogens with zero attached hydrogens (tertiary/aromatic N) is 4. The monoisotopic (exact) mass is 566 g/mol. The van der Waals surface area contributed by atoms with Crippen molar-refractivity contribution in [3.05, 3.63) is 42.5 Å². The van der Waals surface area contributed by atoms with Gasteiger partial charge in [0.25, 0.3) is 12.3 Å². The van der Waals surface area contributed by atoms with Crippen LogP contribution in [0, 0.1) is 5.92 Å². The molecule has 0 bridgehead atoms. The van der Waals surface area contributed by atoms with E-state index in [-0.39, 0.29) is 39.8 Å². The van der Waals surface area contributed by atoms with Gasteiger partial charge in [0.1, 0.15) is 17.3 Å². The zero-order valence-electron chi connectivity index (χ0n) is 20.5. The maximum atomic E-state index is 13.4. The summed E-state index contributed by atoms with van der Waals surface area (Å²) in [5, 5.41) is 9.36. The first-order chi connectivity index (χ1) is 18.3. The quantitative estimate of drug-likeness (QED) is 0.220. The smallest absolute Gasteiger partial charge is 0.295 e. The van der Waals surface area contributed by atoms with E-state index in [2.05, 4.69) is 35.4 Å². The molecule has 16 heteroatoms. The third-order valence-corrected chi connectivity index (χ3v) is 7.34. The van der Waals surface area contributed by atoms with E-state index in [9.17, 15) is 30.8 Å². The van der Waals surface area contributed by atoms with Gasteiger partial charge in [0, 0.05) is 31.3 Å². The lowest BCUT2D eigenvalue weighted by Gasteiger charge is -2.16. The lowest BCUT2D eigenvalue weighted by molar-refractivity contribution is -0.119. The van der Waals surface area contributed by atoms with Gasteiger partial charge >= 0.3 is 0 Å². The number of aromatic nitrogens is 5. The predicted octanol–water partition coefficient (Wildman–Crippen LogP) is 4.39. The van der Waals surface area contributed by atoms with Crippen LogP contribution in [0.4, 0.5) is 40.4 Å². The van der Waals surface area contributed by atoms with Gasteiger partial charge in [-0.1, -0.05) is 6.07 Å². The molecule has 206 valence electrons. The summed E-state index contributed by atoms with van der Waals surface area (Å²) in [6.07, 6.45) is -0.237. The Morgan fingerprint density at radius 2 is 1.92 bits per heavy atom. The number of anilines is 4. The Morgan fingerprint density at radius 3 is 2.54 bits per heavy atom. The second kappa shape index (κ2) is 9.52. The molecule has 39 heavy (non-hydrogen) atoms.